The number of hydrogen-bond acceptors (Lipinski definition) is 10. The summed E-state index contributed by atoms with van der Waals surface area (Å²) in [7, 11) is 0. The van der Waals surface area contributed by atoms with Crippen molar-refractivity contribution in [2.45, 2.75) is 57.0 Å². The van der Waals surface area contributed by atoms with E-state index in [4.69, 9.17) is 21.1 Å². The Balaban J connectivity index is 1.32. The first-order chi connectivity index (χ1) is 21.1. The number of allylic oxidation sites excluding steroid dienone is 2. The van der Waals surface area contributed by atoms with Crippen LogP contribution in [0.25, 0.3) is 0 Å². The van der Waals surface area contributed by atoms with Gasteiger partial charge in [-0.3, -0.25) is 4.79 Å². The normalized spacial score (nSPS) is 20.5. The van der Waals surface area contributed by atoms with E-state index >= 15 is 0 Å². The van der Waals surface area contributed by atoms with Gasteiger partial charge in [-0.15, -0.1) is 10.1 Å². The Hall–Kier alpha value is -3.97. The molecule has 1 saturated carbocycles. The van der Waals surface area contributed by atoms with Crippen LogP contribution in [0.5, 0.6) is 11.5 Å². The van der Waals surface area contributed by atoms with E-state index < -0.39 is 29.4 Å². The Bertz CT molecular complexity index is 1290. The van der Waals surface area contributed by atoms with E-state index in [-0.39, 0.29) is 56.1 Å². The number of amides is 1. The molecule has 4 N–H and O–H groups in total. The van der Waals surface area contributed by atoms with Crippen LogP contribution in [0, 0.1) is 22.0 Å². The minimum atomic E-state index is -0.903. The van der Waals surface area contributed by atoms with Crippen LogP contribution < -0.4 is 14.8 Å². The van der Waals surface area contributed by atoms with Crippen LogP contribution in [0.3, 0.4) is 0 Å². The highest BCUT2D eigenvalue weighted by Gasteiger charge is 2.39. The van der Waals surface area contributed by atoms with Crippen molar-refractivity contribution >= 4 is 23.5 Å². The highest BCUT2D eigenvalue weighted by molar-refractivity contribution is 6.30. The number of aliphatic hydroxyl groups excluding tert-OH is 3. The molecule has 0 radical (unpaired) electrons. The lowest BCUT2D eigenvalue weighted by molar-refractivity contribution is -0.763. The summed E-state index contributed by atoms with van der Waals surface area (Å²) in [5, 5.41) is 43.6. The monoisotopic (exact) mass is 632 g/mol. The molecular weight excluding hydrogens is 596 g/mol. The molecule has 0 saturated heterocycles. The molecule has 0 spiro atoms. The quantitative estimate of drug-likeness (QED) is 0.0503. The average Bonchev–Trinajstić information content (AvgIpc) is 3.26. The van der Waals surface area contributed by atoms with Gasteiger partial charge in [0.05, 0.1) is 12.2 Å². The lowest BCUT2D eigenvalue weighted by atomic mass is 9.89. The molecule has 0 unspecified atom stereocenters. The Morgan fingerprint density at radius 1 is 1.11 bits per heavy atom. The van der Waals surface area contributed by atoms with Crippen LogP contribution in [0.1, 0.15) is 37.7 Å². The fourth-order valence-corrected chi connectivity index (χ4v) is 4.90. The second-order valence-electron chi connectivity index (χ2n) is 10.3. The van der Waals surface area contributed by atoms with Crippen molar-refractivity contribution in [3.63, 3.8) is 0 Å². The van der Waals surface area contributed by atoms with Gasteiger partial charge in [0.2, 0.25) is 5.91 Å². The predicted molar refractivity (Wildman–Crippen MR) is 160 cm³/mol. The fraction of sp³-hybridized carbons (Fsp3) is 0.419. The molecule has 0 bridgehead atoms. The van der Waals surface area contributed by atoms with Gasteiger partial charge in [-0.05, 0) is 61.1 Å². The summed E-state index contributed by atoms with van der Waals surface area (Å²) in [6, 6.07) is 12.8. The first-order valence-corrected chi connectivity index (χ1v) is 14.6. The summed E-state index contributed by atoms with van der Waals surface area (Å²) < 4.78 is 10.7. The Morgan fingerprint density at radius 2 is 1.89 bits per heavy atom. The smallest absolute Gasteiger partial charge is 0.330 e. The van der Waals surface area contributed by atoms with Gasteiger partial charge < -0.3 is 34.9 Å². The molecule has 1 fully saturated rings. The number of nitrogens with zero attached hydrogens (tertiary/aromatic N) is 1. The molecular formula is C31H37ClN2O10. The van der Waals surface area contributed by atoms with Gasteiger partial charge in [0.1, 0.15) is 37.4 Å². The van der Waals surface area contributed by atoms with Crippen LogP contribution >= 0.6 is 11.6 Å². The van der Waals surface area contributed by atoms with Crippen LogP contribution in [0.15, 0.2) is 72.8 Å². The van der Waals surface area contributed by atoms with Crippen LogP contribution in [-0.4, -0.2) is 63.7 Å². The molecule has 0 aliphatic heterocycles. The summed E-state index contributed by atoms with van der Waals surface area (Å²) in [6.07, 6.45) is 6.91. The lowest BCUT2D eigenvalue weighted by Crippen LogP contribution is -2.31. The first kappa shape index (κ1) is 34.5. The standard InChI is InChI=1S/C31H37ClN2O10/c32-22-6-5-7-25(16-22)42-20-23(35)12-15-27-26(28(36)17-29(27)37)8-3-1-2-4-9-30(38)33-18-31(39)44-24-13-10-21(11-14-24)19-43-34(40)41/h1,3,5-7,10-16,23,26-29,35-37H,2,4,8-9,17-20H2,(H,33,38)/b3-1-,15-12+/t23-,26-,27-,28+,29-/m1/s1. The zero-order valence-corrected chi connectivity index (χ0v) is 24.8. The number of benzene rings is 2. The van der Waals surface area contributed by atoms with Crippen molar-refractivity contribution in [1.29, 1.82) is 0 Å². The maximum atomic E-state index is 12.1. The van der Waals surface area contributed by atoms with Gasteiger partial charge in [-0.1, -0.05) is 54.1 Å². The molecule has 13 heteroatoms. The molecule has 1 amide bonds. The zero-order valence-electron chi connectivity index (χ0n) is 24.0. The number of nitrogens with one attached hydrogen (secondary N) is 1. The average molecular weight is 633 g/mol. The molecule has 2 aromatic rings. The van der Waals surface area contributed by atoms with Crippen molar-refractivity contribution in [1.82, 2.24) is 5.32 Å². The van der Waals surface area contributed by atoms with Crippen molar-refractivity contribution < 1.29 is 44.3 Å². The summed E-state index contributed by atoms with van der Waals surface area (Å²) >= 11 is 5.94. The van der Waals surface area contributed by atoms with Gasteiger partial charge in [0.15, 0.2) is 0 Å². The number of halogens is 1. The van der Waals surface area contributed by atoms with Crippen molar-refractivity contribution in [2.75, 3.05) is 13.2 Å². The molecule has 1 aliphatic rings. The van der Waals surface area contributed by atoms with E-state index in [9.17, 15) is 35.0 Å². The lowest BCUT2D eigenvalue weighted by Gasteiger charge is -2.19. The molecule has 1 aliphatic carbocycles. The number of esters is 1. The Morgan fingerprint density at radius 3 is 2.61 bits per heavy atom. The number of unbranched alkanes of at least 4 members (excludes halogenated alkanes) is 1. The second kappa shape index (κ2) is 18.0. The topological polar surface area (TPSA) is 178 Å². The Kier molecular flexibility index (Phi) is 14.1. The van der Waals surface area contributed by atoms with Gasteiger partial charge in [-0.2, -0.15) is 0 Å². The maximum Gasteiger partial charge on any atom is 0.330 e. The largest absolute Gasteiger partial charge is 0.491 e. The van der Waals surface area contributed by atoms with Gasteiger partial charge >= 0.3 is 5.97 Å². The fourth-order valence-electron chi connectivity index (χ4n) is 4.72. The zero-order chi connectivity index (χ0) is 31.9. The number of ether oxygens (including phenoxy) is 2. The maximum absolute atomic E-state index is 12.1. The summed E-state index contributed by atoms with van der Waals surface area (Å²) in [6.45, 7) is -0.510. The highest BCUT2D eigenvalue weighted by Crippen LogP contribution is 2.36. The molecule has 44 heavy (non-hydrogen) atoms. The van der Waals surface area contributed by atoms with Crippen LogP contribution in [0.4, 0.5) is 0 Å². The predicted octanol–water partition coefficient (Wildman–Crippen LogP) is 3.54. The molecule has 2 aromatic carbocycles. The summed E-state index contributed by atoms with van der Waals surface area (Å²) in [5.74, 6) is -0.751. The Labute approximate surface area is 260 Å². The minimum Gasteiger partial charge on any atom is -0.491 e. The molecule has 0 aromatic heterocycles. The van der Waals surface area contributed by atoms with Gasteiger partial charge in [0.25, 0.3) is 5.09 Å². The van der Waals surface area contributed by atoms with E-state index in [0.29, 0.717) is 35.6 Å². The molecule has 3 rings (SSSR count). The molecule has 0 heterocycles. The van der Waals surface area contributed by atoms with Gasteiger partial charge in [-0.25, -0.2) is 4.79 Å². The van der Waals surface area contributed by atoms with Crippen molar-refractivity contribution in [3.8, 4) is 11.5 Å². The highest BCUT2D eigenvalue weighted by atomic mass is 35.5. The molecule has 12 nitrogen and oxygen atoms in total. The SMILES string of the molecule is O=C(CCC/C=C\C[C@@H]1[C@@H](/C=C/[C@@H](O)COc2cccc(Cl)c2)[C@H](O)C[C@@H]1O)NCC(=O)Oc1ccc(CO[N+](=O)[O-])cc1. The first-order valence-electron chi connectivity index (χ1n) is 14.2. The molecule has 238 valence electrons. The third kappa shape index (κ3) is 12.3. The second-order valence-corrected chi connectivity index (χ2v) is 10.8. The third-order valence-corrected chi connectivity index (χ3v) is 7.19. The number of aliphatic hydroxyl groups is 3. The number of carbonyl (C=O) groups is 2. The van der Waals surface area contributed by atoms with Crippen LogP contribution in [-0.2, 0) is 21.0 Å². The third-order valence-electron chi connectivity index (χ3n) is 6.96. The number of rotatable bonds is 17. The number of hydrogen-bond donors (Lipinski definition) is 4. The van der Waals surface area contributed by atoms with E-state index in [1.165, 1.54) is 24.3 Å². The molecule has 5 atom stereocenters. The van der Waals surface area contributed by atoms with Crippen LogP contribution in [0.2, 0.25) is 5.02 Å². The van der Waals surface area contributed by atoms with E-state index in [1.807, 2.05) is 12.2 Å². The van der Waals surface area contributed by atoms with E-state index in [2.05, 4.69) is 10.2 Å². The summed E-state index contributed by atoms with van der Waals surface area (Å²) in [4.78, 5) is 38.6. The minimum absolute atomic E-state index is 0.0148. The van der Waals surface area contributed by atoms with Crippen molar-refractivity contribution in [2.24, 2.45) is 11.8 Å². The van der Waals surface area contributed by atoms with Gasteiger partial charge in [0, 0.05) is 23.8 Å². The van der Waals surface area contributed by atoms with E-state index in [1.54, 1.807) is 36.4 Å². The van der Waals surface area contributed by atoms with E-state index in [0.717, 1.165) is 0 Å². The van der Waals surface area contributed by atoms with Crippen molar-refractivity contribution in [3.05, 3.63) is 93.5 Å². The summed E-state index contributed by atoms with van der Waals surface area (Å²) in [5.41, 5.74) is 0.532. The number of carbonyl (C=O) groups excluding carboxylic acids is 2.